The Morgan fingerprint density at radius 3 is 2.44 bits per heavy atom. The highest BCUT2D eigenvalue weighted by Crippen LogP contribution is 2.24. The lowest BCUT2D eigenvalue weighted by molar-refractivity contribution is -0.133. The number of hydrogen-bond donors (Lipinski definition) is 0. The number of carbonyl (C=O) groups is 2. The molecular weight excluding hydrogens is 402 g/mol. The second kappa shape index (κ2) is 10.6. The summed E-state index contributed by atoms with van der Waals surface area (Å²) in [5.74, 6) is 0.419. The minimum absolute atomic E-state index is 0.146. The highest BCUT2D eigenvalue weighted by molar-refractivity contribution is 5.76. The Hall–Kier alpha value is -2.89. The van der Waals surface area contributed by atoms with Crippen LogP contribution in [0.5, 0.6) is 0 Å². The molecule has 172 valence electrons. The summed E-state index contributed by atoms with van der Waals surface area (Å²) < 4.78 is 5.48. The summed E-state index contributed by atoms with van der Waals surface area (Å²) in [6.45, 7) is 10.1. The minimum Gasteiger partial charge on any atom is -0.444 e. The van der Waals surface area contributed by atoms with E-state index in [1.807, 2.05) is 56.1 Å². The predicted octanol–water partition coefficient (Wildman–Crippen LogP) is 4.96. The maximum Gasteiger partial charge on any atom is 0.410 e. The highest BCUT2D eigenvalue weighted by atomic mass is 16.6. The van der Waals surface area contributed by atoms with Gasteiger partial charge in [0.15, 0.2) is 0 Å². The molecule has 1 fully saturated rings. The largest absolute Gasteiger partial charge is 0.444 e. The lowest BCUT2D eigenvalue weighted by atomic mass is 9.93. The fraction of sp³-hybridized carbons (Fsp3) is 0.500. The van der Waals surface area contributed by atoms with Crippen LogP contribution in [0.25, 0.3) is 0 Å². The molecule has 0 saturated carbocycles. The first kappa shape index (κ1) is 23.8. The van der Waals surface area contributed by atoms with Crippen LogP contribution >= 0.6 is 0 Å². The summed E-state index contributed by atoms with van der Waals surface area (Å²) in [5, 5.41) is 0. The minimum atomic E-state index is -0.494. The number of rotatable bonds is 6. The molecule has 1 aliphatic heterocycles. The van der Waals surface area contributed by atoms with E-state index in [9.17, 15) is 9.59 Å². The second-order valence-corrected chi connectivity index (χ2v) is 9.65. The summed E-state index contributed by atoms with van der Waals surface area (Å²) in [5.41, 5.74) is 2.87. The van der Waals surface area contributed by atoms with Crippen molar-refractivity contribution in [3.8, 4) is 0 Å². The Bertz CT molecular complexity index is 900. The van der Waals surface area contributed by atoms with Crippen LogP contribution in [0.3, 0.4) is 0 Å². The average Bonchev–Trinajstić information content (AvgIpc) is 2.75. The Balaban J connectivity index is 1.61. The van der Waals surface area contributed by atoms with Crippen LogP contribution in [0.1, 0.15) is 56.7 Å². The number of ether oxygens (including phenoxy) is 1. The Kier molecular flexibility index (Phi) is 7.89. The van der Waals surface area contributed by atoms with Gasteiger partial charge in [-0.25, -0.2) is 4.79 Å². The van der Waals surface area contributed by atoms with E-state index in [1.54, 1.807) is 11.1 Å². The van der Waals surface area contributed by atoms with Crippen molar-refractivity contribution < 1.29 is 14.3 Å². The van der Waals surface area contributed by atoms with Crippen LogP contribution in [0.2, 0.25) is 0 Å². The number of aryl methyl sites for hydroxylation is 1. The molecule has 2 heterocycles. The summed E-state index contributed by atoms with van der Waals surface area (Å²) in [6, 6.07) is 12.1. The molecule has 1 saturated heterocycles. The van der Waals surface area contributed by atoms with E-state index in [0.717, 1.165) is 24.0 Å². The van der Waals surface area contributed by atoms with Crippen molar-refractivity contribution in [3.63, 3.8) is 0 Å². The van der Waals surface area contributed by atoms with E-state index >= 15 is 0 Å². The standard InChI is InChI=1S/C26H35N3O3/c1-20-8-5-6-10-23(20)19-29(18-22-9-7-13-27-17-22)24(30)16-21-11-14-28(15-12-21)25(31)32-26(2,3)4/h5-10,13,17,21H,11-12,14-16,18-19H2,1-4H3. The molecule has 0 bridgehead atoms. The van der Waals surface area contributed by atoms with Gasteiger partial charge in [0.25, 0.3) is 0 Å². The number of benzene rings is 1. The smallest absolute Gasteiger partial charge is 0.410 e. The van der Waals surface area contributed by atoms with Crippen LogP contribution in [0.4, 0.5) is 4.79 Å². The summed E-state index contributed by atoms with van der Waals surface area (Å²) in [6.07, 6.45) is 5.42. The monoisotopic (exact) mass is 437 g/mol. The SMILES string of the molecule is Cc1ccccc1CN(Cc1cccnc1)C(=O)CC1CCN(C(=O)OC(C)(C)C)CC1. The lowest BCUT2D eigenvalue weighted by Crippen LogP contribution is -2.42. The molecule has 1 aromatic carbocycles. The molecule has 0 spiro atoms. The number of hydrogen-bond acceptors (Lipinski definition) is 4. The molecule has 1 aromatic heterocycles. The van der Waals surface area contributed by atoms with Crippen molar-refractivity contribution in [2.24, 2.45) is 5.92 Å². The van der Waals surface area contributed by atoms with Gasteiger partial charge in [0.05, 0.1) is 0 Å². The van der Waals surface area contributed by atoms with Gasteiger partial charge in [-0.05, 0) is 69.2 Å². The number of nitrogens with zero attached hydrogens (tertiary/aromatic N) is 3. The maximum absolute atomic E-state index is 13.3. The number of piperidine rings is 1. The van der Waals surface area contributed by atoms with Gasteiger partial charge in [0.1, 0.15) is 5.60 Å². The Morgan fingerprint density at radius 2 is 1.81 bits per heavy atom. The fourth-order valence-electron chi connectivity index (χ4n) is 3.96. The number of aromatic nitrogens is 1. The molecule has 2 amide bonds. The summed E-state index contributed by atoms with van der Waals surface area (Å²) in [7, 11) is 0. The van der Waals surface area contributed by atoms with E-state index in [4.69, 9.17) is 4.74 Å². The Labute approximate surface area is 191 Å². The molecule has 0 aliphatic carbocycles. The second-order valence-electron chi connectivity index (χ2n) is 9.65. The van der Waals surface area contributed by atoms with E-state index in [0.29, 0.717) is 32.6 Å². The van der Waals surface area contributed by atoms with Crippen LogP contribution < -0.4 is 0 Å². The van der Waals surface area contributed by atoms with Gasteiger partial charge in [0, 0.05) is 45.0 Å². The van der Waals surface area contributed by atoms with Gasteiger partial charge in [-0.3, -0.25) is 9.78 Å². The van der Waals surface area contributed by atoms with Crippen LogP contribution in [-0.2, 0) is 22.6 Å². The summed E-state index contributed by atoms with van der Waals surface area (Å²) >= 11 is 0. The molecule has 0 N–H and O–H groups in total. The van der Waals surface area contributed by atoms with E-state index in [2.05, 4.69) is 24.0 Å². The molecule has 6 nitrogen and oxygen atoms in total. The van der Waals surface area contributed by atoms with Crippen molar-refractivity contribution >= 4 is 12.0 Å². The maximum atomic E-state index is 13.3. The van der Waals surface area contributed by atoms with Crippen molar-refractivity contribution in [2.75, 3.05) is 13.1 Å². The first-order chi connectivity index (χ1) is 15.2. The van der Waals surface area contributed by atoms with Gasteiger partial charge in [-0.15, -0.1) is 0 Å². The van der Waals surface area contributed by atoms with E-state index in [1.165, 1.54) is 5.56 Å². The van der Waals surface area contributed by atoms with Crippen molar-refractivity contribution in [2.45, 2.75) is 65.6 Å². The third-order valence-electron chi connectivity index (χ3n) is 5.80. The molecule has 32 heavy (non-hydrogen) atoms. The molecular formula is C26H35N3O3. The molecule has 3 rings (SSSR count). The third-order valence-corrected chi connectivity index (χ3v) is 5.80. The van der Waals surface area contributed by atoms with Crippen LogP contribution in [0, 0.1) is 12.8 Å². The van der Waals surface area contributed by atoms with E-state index < -0.39 is 5.60 Å². The molecule has 6 heteroatoms. The normalized spacial score (nSPS) is 14.8. The average molecular weight is 438 g/mol. The molecule has 0 atom stereocenters. The molecule has 0 radical (unpaired) electrons. The summed E-state index contributed by atoms with van der Waals surface area (Å²) in [4.78, 5) is 33.5. The molecule has 2 aromatic rings. The quantitative estimate of drug-likeness (QED) is 0.641. The first-order valence-corrected chi connectivity index (χ1v) is 11.4. The topological polar surface area (TPSA) is 62.7 Å². The van der Waals surface area contributed by atoms with Crippen molar-refractivity contribution in [3.05, 3.63) is 65.5 Å². The van der Waals surface area contributed by atoms with Crippen LogP contribution in [0.15, 0.2) is 48.8 Å². The van der Waals surface area contributed by atoms with Crippen molar-refractivity contribution in [1.29, 1.82) is 0 Å². The zero-order chi connectivity index (χ0) is 23.1. The first-order valence-electron chi connectivity index (χ1n) is 11.4. The number of likely N-dealkylation sites (tertiary alicyclic amines) is 1. The van der Waals surface area contributed by atoms with Gasteiger partial charge in [-0.2, -0.15) is 0 Å². The fourth-order valence-corrected chi connectivity index (χ4v) is 3.96. The predicted molar refractivity (Wildman–Crippen MR) is 125 cm³/mol. The number of amides is 2. The lowest BCUT2D eigenvalue weighted by Gasteiger charge is -2.34. The third kappa shape index (κ3) is 7.08. The number of carbonyl (C=O) groups excluding carboxylic acids is 2. The van der Waals surface area contributed by atoms with Gasteiger partial charge >= 0.3 is 6.09 Å². The van der Waals surface area contributed by atoms with Crippen molar-refractivity contribution in [1.82, 2.24) is 14.8 Å². The van der Waals surface area contributed by atoms with Gasteiger partial charge in [-0.1, -0.05) is 30.3 Å². The van der Waals surface area contributed by atoms with E-state index in [-0.39, 0.29) is 17.9 Å². The van der Waals surface area contributed by atoms with Crippen LogP contribution in [-0.4, -0.2) is 45.5 Å². The van der Waals surface area contributed by atoms with Gasteiger partial charge < -0.3 is 14.5 Å². The van der Waals surface area contributed by atoms with Gasteiger partial charge in [0.2, 0.25) is 5.91 Å². The zero-order valence-electron chi connectivity index (χ0n) is 19.7. The Morgan fingerprint density at radius 1 is 1.09 bits per heavy atom. The highest BCUT2D eigenvalue weighted by Gasteiger charge is 2.29. The zero-order valence-corrected chi connectivity index (χ0v) is 19.7. The molecule has 0 unspecified atom stereocenters. The number of pyridine rings is 1. The molecule has 1 aliphatic rings.